The molecular formula is C35H51F2N7O6. The molecule has 1 aliphatic rings. The van der Waals surface area contributed by atoms with Gasteiger partial charge >= 0.3 is 0 Å². The quantitative estimate of drug-likeness (QED) is 0.136. The molecule has 0 unspecified atom stereocenters. The van der Waals surface area contributed by atoms with Crippen molar-refractivity contribution in [3.8, 4) is 5.75 Å². The molecule has 0 spiro atoms. The third-order valence-electron chi connectivity index (χ3n) is 8.14. The van der Waals surface area contributed by atoms with Gasteiger partial charge in [-0.3, -0.25) is 33.9 Å². The number of rotatable bonds is 22. The van der Waals surface area contributed by atoms with Crippen LogP contribution in [-0.4, -0.2) is 116 Å². The molecule has 5 amide bonds. The van der Waals surface area contributed by atoms with Gasteiger partial charge in [0.25, 0.3) is 11.8 Å². The van der Waals surface area contributed by atoms with Gasteiger partial charge < -0.3 is 30.9 Å². The van der Waals surface area contributed by atoms with Gasteiger partial charge in [-0.2, -0.15) is 0 Å². The average Bonchev–Trinajstić information content (AvgIpc) is 3.46. The number of unbranched alkanes of at least 4 members (excludes halogenated alkanes) is 2. The lowest BCUT2D eigenvalue weighted by molar-refractivity contribution is -0.130. The summed E-state index contributed by atoms with van der Waals surface area (Å²) >= 11 is 0. The minimum Gasteiger partial charge on any atom is -0.492 e. The Morgan fingerprint density at radius 2 is 1.60 bits per heavy atom. The van der Waals surface area contributed by atoms with Crippen molar-refractivity contribution in [3.05, 3.63) is 36.0 Å². The summed E-state index contributed by atoms with van der Waals surface area (Å²) in [6, 6.07) is 6.47. The number of alkyl halides is 2. The zero-order valence-electron chi connectivity index (χ0n) is 29.2. The maximum Gasteiger partial charge on any atom is 0.267 e. The van der Waals surface area contributed by atoms with E-state index in [1.54, 1.807) is 18.2 Å². The Bertz CT molecular complexity index is 1440. The van der Waals surface area contributed by atoms with Crippen LogP contribution in [0.4, 0.5) is 8.78 Å². The van der Waals surface area contributed by atoms with Crippen LogP contribution in [0.3, 0.4) is 0 Å². The number of amides is 5. The van der Waals surface area contributed by atoms with Crippen LogP contribution in [0.25, 0.3) is 10.9 Å². The lowest BCUT2D eigenvalue weighted by Gasteiger charge is -2.21. The molecule has 1 aromatic carbocycles. The Labute approximate surface area is 292 Å². The second kappa shape index (κ2) is 21.0. The van der Waals surface area contributed by atoms with Crippen LogP contribution in [0.2, 0.25) is 0 Å². The molecular weight excluding hydrogens is 652 g/mol. The van der Waals surface area contributed by atoms with Gasteiger partial charge in [0.15, 0.2) is 0 Å². The number of halogens is 2. The summed E-state index contributed by atoms with van der Waals surface area (Å²) in [4.78, 5) is 69.2. The van der Waals surface area contributed by atoms with E-state index in [1.807, 2.05) is 0 Å². The number of nitrogens with one attached hydrogen (secondary N) is 4. The van der Waals surface area contributed by atoms with E-state index in [4.69, 9.17) is 4.74 Å². The molecule has 2 heterocycles. The second-order valence-corrected chi connectivity index (χ2v) is 12.4. The first-order valence-electron chi connectivity index (χ1n) is 17.5. The summed E-state index contributed by atoms with van der Waals surface area (Å²) in [6.07, 6.45) is 6.11. The fourth-order valence-electron chi connectivity index (χ4n) is 5.50. The van der Waals surface area contributed by atoms with Crippen molar-refractivity contribution < 1.29 is 37.5 Å². The summed E-state index contributed by atoms with van der Waals surface area (Å²) in [7, 11) is 0. The number of aromatic nitrogens is 1. The highest BCUT2D eigenvalue weighted by atomic mass is 19.3. The van der Waals surface area contributed by atoms with E-state index in [9.17, 15) is 32.8 Å². The largest absolute Gasteiger partial charge is 0.492 e. The van der Waals surface area contributed by atoms with Gasteiger partial charge in [0.2, 0.25) is 23.6 Å². The van der Waals surface area contributed by atoms with Gasteiger partial charge in [0.1, 0.15) is 12.4 Å². The van der Waals surface area contributed by atoms with E-state index in [0.29, 0.717) is 42.7 Å². The molecule has 276 valence electrons. The standard InChI is InChI=1S/C35H51F2N7O6/c1-3-5-6-19-43(18-4-2)24-32(47)40-16-15-39-30(45)8-7-9-31(46)41-17-21-50-26-10-11-29-28(22-26)27(12-14-38-29)34(49)42-23-33(48)44-20-13-35(36,37)25-44/h10-12,14,22H,3-9,13,15-21,23-25H2,1-2H3,(H,39,45)(H,40,47)(H,41,46)(H,42,49). The first kappa shape index (κ1) is 40.0. The summed E-state index contributed by atoms with van der Waals surface area (Å²) in [5, 5.41) is 11.3. The van der Waals surface area contributed by atoms with Crippen LogP contribution in [-0.2, 0) is 19.2 Å². The van der Waals surface area contributed by atoms with Crippen molar-refractivity contribution in [2.45, 2.75) is 71.1 Å². The van der Waals surface area contributed by atoms with Crippen molar-refractivity contribution in [1.29, 1.82) is 0 Å². The molecule has 1 aromatic heterocycles. The number of hydrogen-bond donors (Lipinski definition) is 4. The van der Waals surface area contributed by atoms with E-state index in [0.717, 1.165) is 43.7 Å². The Hall–Kier alpha value is -4.40. The van der Waals surface area contributed by atoms with Crippen LogP contribution in [0.5, 0.6) is 5.75 Å². The number of ether oxygens (including phenoxy) is 1. The first-order chi connectivity index (χ1) is 24.0. The molecule has 0 saturated carbocycles. The predicted octanol–water partition coefficient (Wildman–Crippen LogP) is 2.63. The fraction of sp³-hybridized carbons (Fsp3) is 0.600. The van der Waals surface area contributed by atoms with Gasteiger partial charge in [0, 0.05) is 50.5 Å². The molecule has 50 heavy (non-hydrogen) atoms. The minimum absolute atomic E-state index is 0.0563. The SMILES string of the molecule is CCCCCN(CCC)CC(=O)NCCNC(=O)CCCC(=O)NCCOc1ccc2nccc(C(=O)NCC(=O)N3CCC(F)(F)C3)c2c1. The van der Waals surface area contributed by atoms with Crippen molar-refractivity contribution in [3.63, 3.8) is 0 Å². The molecule has 0 atom stereocenters. The Balaban J connectivity index is 1.30. The number of hydrogen-bond acceptors (Lipinski definition) is 8. The average molecular weight is 704 g/mol. The zero-order chi connectivity index (χ0) is 36.4. The summed E-state index contributed by atoms with van der Waals surface area (Å²) < 4.78 is 32.6. The molecule has 0 bridgehead atoms. The summed E-state index contributed by atoms with van der Waals surface area (Å²) in [5.74, 6) is -4.08. The number of fused-ring (bicyclic) bond motifs is 1. The number of benzene rings is 1. The van der Waals surface area contributed by atoms with Crippen LogP contribution in [0.1, 0.15) is 75.6 Å². The third kappa shape index (κ3) is 14.2. The van der Waals surface area contributed by atoms with Crippen LogP contribution in [0, 0.1) is 0 Å². The van der Waals surface area contributed by atoms with E-state index < -0.39 is 37.2 Å². The van der Waals surface area contributed by atoms with Gasteiger partial charge in [-0.25, -0.2) is 8.78 Å². The van der Waals surface area contributed by atoms with Crippen molar-refractivity contribution in [1.82, 2.24) is 36.1 Å². The molecule has 4 N–H and O–H groups in total. The number of carbonyl (C=O) groups is 5. The highest BCUT2D eigenvalue weighted by Gasteiger charge is 2.40. The Kier molecular flexibility index (Phi) is 16.8. The van der Waals surface area contributed by atoms with Gasteiger partial charge in [-0.05, 0) is 56.6 Å². The molecule has 1 aliphatic heterocycles. The highest BCUT2D eigenvalue weighted by Crippen LogP contribution is 2.27. The third-order valence-corrected chi connectivity index (χ3v) is 8.14. The van der Waals surface area contributed by atoms with Gasteiger partial charge in [0.05, 0.1) is 37.3 Å². The van der Waals surface area contributed by atoms with Gasteiger partial charge in [-0.1, -0.05) is 26.7 Å². The molecule has 1 fully saturated rings. The van der Waals surface area contributed by atoms with E-state index in [2.05, 4.69) is 45.0 Å². The Morgan fingerprint density at radius 1 is 0.880 bits per heavy atom. The highest BCUT2D eigenvalue weighted by molar-refractivity contribution is 6.07. The molecule has 15 heteroatoms. The number of carbonyl (C=O) groups excluding carboxylic acids is 5. The van der Waals surface area contributed by atoms with Crippen LogP contribution in [0.15, 0.2) is 30.5 Å². The van der Waals surface area contributed by atoms with Crippen LogP contribution < -0.4 is 26.0 Å². The second-order valence-electron chi connectivity index (χ2n) is 12.4. The van der Waals surface area contributed by atoms with Crippen LogP contribution >= 0.6 is 0 Å². The van der Waals surface area contributed by atoms with Crippen molar-refractivity contribution in [2.75, 3.05) is 65.5 Å². The van der Waals surface area contributed by atoms with Crippen molar-refractivity contribution >= 4 is 40.4 Å². The topological polar surface area (TPSA) is 162 Å². The number of likely N-dealkylation sites (tertiary alicyclic amines) is 1. The Morgan fingerprint density at radius 3 is 2.28 bits per heavy atom. The number of pyridine rings is 1. The lowest BCUT2D eigenvalue weighted by Crippen LogP contribution is -2.41. The van der Waals surface area contributed by atoms with E-state index >= 15 is 0 Å². The molecule has 1 saturated heterocycles. The maximum absolute atomic E-state index is 13.4. The molecule has 2 aromatic rings. The lowest BCUT2D eigenvalue weighted by atomic mass is 10.1. The number of nitrogens with zero attached hydrogens (tertiary/aromatic N) is 3. The normalized spacial score (nSPS) is 13.7. The molecule has 0 radical (unpaired) electrons. The van der Waals surface area contributed by atoms with E-state index in [1.165, 1.54) is 12.3 Å². The van der Waals surface area contributed by atoms with Crippen molar-refractivity contribution in [2.24, 2.45) is 0 Å². The summed E-state index contributed by atoms with van der Waals surface area (Å²) in [6.45, 7) is 6.28. The van der Waals surface area contributed by atoms with Gasteiger partial charge in [-0.15, -0.1) is 0 Å². The maximum atomic E-state index is 13.4. The monoisotopic (exact) mass is 703 g/mol. The molecule has 3 rings (SSSR count). The summed E-state index contributed by atoms with van der Waals surface area (Å²) in [5.41, 5.74) is 0.763. The minimum atomic E-state index is -2.91. The first-order valence-corrected chi connectivity index (χ1v) is 17.5. The fourth-order valence-corrected chi connectivity index (χ4v) is 5.50. The molecule has 0 aliphatic carbocycles. The van der Waals surface area contributed by atoms with E-state index in [-0.39, 0.29) is 55.8 Å². The smallest absolute Gasteiger partial charge is 0.267 e. The zero-order valence-corrected chi connectivity index (χ0v) is 29.2. The molecule has 13 nitrogen and oxygen atoms in total. The predicted molar refractivity (Wildman–Crippen MR) is 185 cm³/mol.